The van der Waals surface area contributed by atoms with Crippen LogP contribution < -0.4 is 0 Å². The van der Waals surface area contributed by atoms with Gasteiger partial charge in [-0.1, -0.05) is 24.3 Å². The van der Waals surface area contributed by atoms with Gasteiger partial charge in [-0.25, -0.2) is 0 Å². The topological polar surface area (TPSA) is 23.5 Å². The average molecular weight is 205 g/mol. The monoisotopic (exact) mass is 205 g/mol. The molecule has 2 heteroatoms. The van der Waals surface area contributed by atoms with E-state index in [-0.39, 0.29) is 6.10 Å². The molecule has 0 saturated carbocycles. The van der Waals surface area contributed by atoms with Gasteiger partial charge in [0.15, 0.2) is 0 Å². The number of aliphatic hydroxyl groups excluding tert-OH is 1. The number of nitrogens with zero attached hydrogens (tertiary/aromatic N) is 1. The fourth-order valence-corrected chi connectivity index (χ4v) is 2.10. The van der Waals surface area contributed by atoms with Gasteiger partial charge in [0.2, 0.25) is 0 Å². The first-order chi connectivity index (χ1) is 7.25. The van der Waals surface area contributed by atoms with Crippen molar-refractivity contribution in [2.24, 2.45) is 0 Å². The van der Waals surface area contributed by atoms with Gasteiger partial charge in [-0.05, 0) is 44.0 Å². The minimum Gasteiger partial charge on any atom is -0.389 e. The highest BCUT2D eigenvalue weighted by molar-refractivity contribution is 5.23. The van der Waals surface area contributed by atoms with E-state index in [0.29, 0.717) is 0 Å². The summed E-state index contributed by atoms with van der Waals surface area (Å²) in [6.07, 6.45) is 2.32. The molecule has 2 rings (SSSR count). The van der Waals surface area contributed by atoms with Crippen LogP contribution in [0.2, 0.25) is 0 Å². The lowest BCUT2D eigenvalue weighted by Crippen LogP contribution is -2.18. The van der Waals surface area contributed by atoms with Crippen LogP contribution in [0, 0.1) is 0 Å². The molecule has 0 radical (unpaired) electrons. The summed E-state index contributed by atoms with van der Waals surface area (Å²) in [4.78, 5) is 2.48. The number of aliphatic hydroxyl groups is 1. The average Bonchev–Trinajstić information content (AvgIpc) is 2.71. The number of rotatable bonds is 3. The van der Waals surface area contributed by atoms with E-state index in [1.165, 1.54) is 31.5 Å². The lowest BCUT2D eigenvalue weighted by molar-refractivity contribution is 0.199. The minimum atomic E-state index is -0.356. The molecule has 0 spiro atoms. The Morgan fingerprint density at radius 3 is 2.33 bits per heavy atom. The van der Waals surface area contributed by atoms with Crippen molar-refractivity contribution in [1.29, 1.82) is 0 Å². The van der Waals surface area contributed by atoms with E-state index in [9.17, 15) is 5.11 Å². The van der Waals surface area contributed by atoms with E-state index < -0.39 is 0 Å². The van der Waals surface area contributed by atoms with Crippen molar-refractivity contribution in [2.45, 2.75) is 32.4 Å². The van der Waals surface area contributed by atoms with E-state index >= 15 is 0 Å². The Labute approximate surface area is 91.5 Å². The Morgan fingerprint density at radius 1 is 1.20 bits per heavy atom. The predicted molar refractivity (Wildman–Crippen MR) is 61.6 cm³/mol. The van der Waals surface area contributed by atoms with Crippen LogP contribution in [0.1, 0.15) is 37.0 Å². The van der Waals surface area contributed by atoms with Gasteiger partial charge in [-0.15, -0.1) is 0 Å². The molecule has 1 aliphatic rings. The van der Waals surface area contributed by atoms with Crippen molar-refractivity contribution in [1.82, 2.24) is 4.90 Å². The molecule has 1 aliphatic heterocycles. The van der Waals surface area contributed by atoms with Crippen LogP contribution in [-0.2, 0) is 6.54 Å². The van der Waals surface area contributed by atoms with Crippen molar-refractivity contribution in [3.63, 3.8) is 0 Å². The molecular formula is C13H19NO. The maximum atomic E-state index is 9.39. The number of benzene rings is 1. The van der Waals surface area contributed by atoms with Gasteiger partial charge in [-0.3, -0.25) is 4.90 Å². The number of likely N-dealkylation sites (tertiary alicyclic amines) is 1. The summed E-state index contributed by atoms with van der Waals surface area (Å²) in [5.74, 6) is 0. The molecule has 1 saturated heterocycles. The van der Waals surface area contributed by atoms with Crippen molar-refractivity contribution in [2.75, 3.05) is 13.1 Å². The molecule has 1 N–H and O–H groups in total. The van der Waals surface area contributed by atoms with Crippen LogP contribution in [0.5, 0.6) is 0 Å². The van der Waals surface area contributed by atoms with Crippen molar-refractivity contribution < 1.29 is 5.11 Å². The standard InChI is InChI=1S/C13H19NO/c1-11(15)13-6-4-12(5-7-13)10-14-8-2-3-9-14/h4-7,11,15H,2-3,8-10H2,1H3. The van der Waals surface area contributed by atoms with E-state index in [2.05, 4.69) is 17.0 Å². The first kappa shape index (κ1) is 10.7. The first-order valence-corrected chi connectivity index (χ1v) is 5.75. The molecule has 1 aromatic carbocycles. The summed E-state index contributed by atoms with van der Waals surface area (Å²) in [5, 5.41) is 9.39. The lowest BCUT2D eigenvalue weighted by atomic mass is 10.1. The fraction of sp³-hybridized carbons (Fsp3) is 0.538. The molecule has 15 heavy (non-hydrogen) atoms. The van der Waals surface area contributed by atoms with Crippen molar-refractivity contribution in [3.8, 4) is 0 Å². The third-order valence-electron chi connectivity index (χ3n) is 3.07. The second kappa shape index (κ2) is 4.77. The van der Waals surface area contributed by atoms with Crippen LogP contribution in [0.3, 0.4) is 0 Å². The summed E-state index contributed by atoms with van der Waals surface area (Å²) in [7, 11) is 0. The smallest absolute Gasteiger partial charge is 0.0761 e. The first-order valence-electron chi connectivity index (χ1n) is 5.75. The Bertz CT molecular complexity index is 299. The summed E-state index contributed by atoms with van der Waals surface area (Å²) in [6.45, 7) is 5.33. The van der Waals surface area contributed by atoms with Gasteiger partial charge in [-0.2, -0.15) is 0 Å². The lowest BCUT2D eigenvalue weighted by Gasteiger charge is -2.15. The molecule has 1 aromatic rings. The van der Waals surface area contributed by atoms with Crippen LogP contribution in [0.15, 0.2) is 24.3 Å². The molecular weight excluding hydrogens is 186 g/mol. The Balaban J connectivity index is 1.97. The van der Waals surface area contributed by atoms with Gasteiger partial charge in [0, 0.05) is 6.54 Å². The minimum absolute atomic E-state index is 0.356. The maximum absolute atomic E-state index is 9.39. The molecule has 1 fully saturated rings. The maximum Gasteiger partial charge on any atom is 0.0761 e. The molecule has 0 aliphatic carbocycles. The highest BCUT2D eigenvalue weighted by atomic mass is 16.3. The van der Waals surface area contributed by atoms with Gasteiger partial charge in [0.25, 0.3) is 0 Å². The van der Waals surface area contributed by atoms with E-state index in [1.54, 1.807) is 6.92 Å². The molecule has 0 aromatic heterocycles. The van der Waals surface area contributed by atoms with E-state index in [4.69, 9.17) is 0 Å². The summed E-state index contributed by atoms with van der Waals surface area (Å²) in [6, 6.07) is 8.30. The van der Waals surface area contributed by atoms with Crippen molar-refractivity contribution in [3.05, 3.63) is 35.4 Å². The SMILES string of the molecule is CC(O)c1ccc(CN2CCCC2)cc1. The zero-order chi connectivity index (χ0) is 10.7. The zero-order valence-corrected chi connectivity index (χ0v) is 9.32. The fourth-order valence-electron chi connectivity index (χ4n) is 2.10. The van der Waals surface area contributed by atoms with E-state index in [0.717, 1.165) is 12.1 Å². The largest absolute Gasteiger partial charge is 0.389 e. The third-order valence-corrected chi connectivity index (χ3v) is 3.07. The van der Waals surface area contributed by atoms with Gasteiger partial charge in [0.05, 0.1) is 6.10 Å². The Kier molecular flexibility index (Phi) is 3.39. The Hall–Kier alpha value is -0.860. The number of hydrogen-bond acceptors (Lipinski definition) is 2. The van der Waals surface area contributed by atoms with E-state index in [1.807, 2.05) is 12.1 Å². The quantitative estimate of drug-likeness (QED) is 0.818. The predicted octanol–water partition coefficient (Wildman–Crippen LogP) is 2.34. The van der Waals surface area contributed by atoms with Gasteiger partial charge < -0.3 is 5.11 Å². The summed E-state index contributed by atoms with van der Waals surface area (Å²) < 4.78 is 0. The summed E-state index contributed by atoms with van der Waals surface area (Å²) in [5.41, 5.74) is 2.35. The zero-order valence-electron chi connectivity index (χ0n) is 9.32. The van der Waals surface area contributed by atoms with Crippen LogP contribution in [-0.4, -0.2) is 23.1 Å². The molecule has 1 unspecified atom stereocenters. The number of hydrogen-bond donors (Lipinski definition) is 1. The highest BCUT2D eigenvalue weighted by Crippen LogP contribution is 2.16. The summed E-state index contributed by atoms with van der Waals surface area (Å²) >= 11 is 0. The molecule has 0 amide bonds. The third kappa shape index (κ3) is 2.80. The van der Waals surface area contributed by atoms with Crippen LogP contribution >= 0.6 is 0 Å². The van der Waals surface area contributed by atoms with Crippen molar-refractivity contribution >= 4 is 0 Å². The second-order valence-electron chi connectivity index (χ2n) is 4.40. The van der Waals surface area contributed by atoms with Gasteiger partial charge >= 0.3 is 0 Å². The molecule has 1 heterocycles. The second-order valence-corrected chi connectivity index (χ2v) is 4.40. The normalized spacial score (nSPS) is 19.3. The Morgan fingerprint density at radius 2 is 1.80 bits per heavy atom. The molecule has 82 valence electrons. The van der Waals surface area contributed by atoms with Crippen LogP contribution in [0.25, 0.3) is 0 Å². The molecule has 2 nitrogen and oxygen atoms in total. The molecule has 1 atom stereocenters. The van der Waals surface area contributed by atoms with Crippen LogP contribution in [0.4, 0.5) is 0 Å². The van der Waals surface area contributed by atoms with Gasteiger partial charge in [0.1, 0.15) is 0 Å². The molecule has 0 bridgehead atoms. The highest BCUT2D eigenvalue weighted by Gasteiger charge is 2.11.